The van der Waals surface area contributed by atoms with Crippen LogP contribution in [0.15, 0.2) is 0 Å². The standard InChI is InChI=1S/C6H11O4S2/c1-5-4-11(7,8)6(2,3)12(5,9)10/h5H,1,4H2,2-3H3. The quantitative estimate of drug-likeness (QED) is 0.555. The van der Waals surface area contributed by atoms with Crippen LogP contribution in [-0.2, 0) is 19.7 Å². The van der Waals surface area contributed by atoms with E-state index in [0.29, 0.717) is 0 Å². The fourth-order valence-corrected chi connectivity index (χ4v) is 6.09. The van der Waals surface area contributed by atoms with E-state index in [9.17, 15) is 16.8 Å². The van der Waals surface area contributed by atoms with Crippen LogP contribution in [0, 0.1) is 6.92 Å². The number of hydrogen-bond donors (Lipinski definition) is 0. The molecule has 0 spiro atoms. The fraction of sp³-hybridized carbons (Fsp3) is 0.833. The average molecular weight is 211 g/mol. The van der Waals surface area contributed by atoms with Gasteiger partial charge in [-0.3, -0.25) is 0 Å². The second-order valence-electron chi connectivity index (χ2n) is 3.35. The Hall–Kier alpha value is -0.100. The van der Waals surface area contributed by atoms with Crippen LogP contribution >= 0.6 is 0 Å². The smallest absolute Gasteiger partial charge is 0.173 e. The van der Waals surface area contributed by atoms with E-state index in [2.05, 4.69) is 6.92 Å². The van der Waals surface area contributed by atoms with Gasteiger partial charge in [0.05, 0.1) is 11.0 Å². The predicted molar refractivity (Wildman–Crippen MR) is 45.9 cm³/mol. The molecule has 0 aromatic rings. The van der Waals surface area contributed by atoms with Crippen LogP contribution in [0.25, 0.3) is 0 Å². The Bertz CT molecular complexity index is 387. The second kappa shape index (κ2) is 2.23. The first-order chi connectivity index (χ1) is 5.13. The third-order valence-corrected chi connectivity index (χ3v) is 8.70. The molecule has 4 nitrogen and oxygen atoms in total. The molecule has 6 heteroatoms. The van der Waals surface area contributed by atoms with Gasteiger partial charge in [0.15, 0.2) is 23.8 Å². The maximum Gasteiger partial charge on any atom is 0.173 e. The molecule has 0 aliphatic carbocycles. The molecule has 0 aromatic heterocycles. The zero-order valence-electron chi connectivity index (χ0n) is 6.94. The zero-order chi connectivity index (χ0) is 9.78. The summed E-state index contributed by atoms with van der Waals surface area (Å²) in [6.07, 6.45) is 0. The van der Waals surface area contributed by atoms with Gasteiger partial charge < -0.3 is 0 Å². The topological polar surface area (TPSA) is 68.3 Å². The van der Waals surface area contributed by atoms with Gasteiger partial charge in [0, 0.05) is 0 Å². The summed E-state index contributed by atoms with van der Waals surface area (Å²) in [6, 6.07) is 0. The molecule has 0 saturated carbocycles. The zero-order valence-corrected chi connectivity index (χ0v) is 8.57. The first kappa shape index (κ1) is 9.98. The lowest BCUT2D eigenvalue weighted by atomic mass is 10.5. The summed E-state index contributed by atoms with van der Waals surface area (Å²) in [5.74, 6) is -0.359. The highest BCUT2D eigenvalue weighted by atomic mass is 32.3. The molecule has 1 rings (SSSR count). The Morgan fingerprint density at radius 1 is 1.25 bits per heavy atom. The van der Waals surface area contributed by atoms with Crippen LogP contribution in [0.3, 0.4) is 0 Å². The van der Waals surface area contributed by atoms with Gasteiger partial charge in [-0.15, -0.1) is 0 Å². The minimum absolute atomic E-state index is 0.359. The molecule has 71 valence electrons. The molecule has 1 aliphatic rings. The van der Waals surface area contributed by atoms with E-state index in [4.69, 9.17) is 0 Å². The molecule has 1 saturated heterocycles. The first-order valence-electron chi connectivity index (χ1n) is 3.42. The summed E-state index contributed by atoms with van der Waals surface area (Å²) in [4.78, 5) is 0. The van der Waals surface area contributed by atoms with Crippen LogP contribution in [0.4, 0.5) is 0 Å². The minimum Gasteiger partial charge on any atom is -0.227 e. The SMILES string of the molecule is [CH2]C1CS(=O)(=O)C(C)(C)S1(=O)=O. The summed E-state index contributed by atoms with van der Waals surface area (Å²) >= 11 is 0. The number of hydrogen-bond acceptors (Lipinski definition) is 4. The van der Waals surface area contributed by atoms with E-state index < -0.39 is 29.0 Å². The molecule has 1 atom stereocenters. The van der Waals surface area contributed by atoms with Crippen LogP contribution in [0.2, 0.25) is 0 Å². The van der Waals surface area contributed by atoms with Gasteiger partial charge in [-0.25, -0.2) is 16.8 Å². The Kier molecular flexibility index (Phi) is 1.85. The summed E-state index contributed by atoms with van der Waals surface area (Å²) in [5, 5.41) is -1.02. The fourth-order valence-electron chi connectivity index (χ4n) is 1.11. The molecule has 0 bridgehead atoms. The van der Waals surface area contributed by atoms with E-state index in [0.717, 1.165) is 0 Å². The molecule has 1 radical (unpaired) electrons. The highest BCUT2D eigenvalue weighted by Gasteiger charge is 2.56. The normalized spacial score (nSPS) is 36.4. The average Bonchev–Trinajstić information content (AvgIpc) is 1.92. The van der Waals surface area contributed by atoms with Crippen molar-refractivity contribution in [1.82, 2.24) is 0 Å². The third-order valence-electron chi connectivity index (χ3n) is 2.28. The Morgan fingerprint density at radius 2 is 1.67 bits per heavy atom. The Balaban J connectivity index is 3.51. The van der Waals surface area contributed by atoms with Crippen molar-refractivity contribution in [3.63, 3.8) is 0 Å². The van der Waals surface area contributed by atoms with Gasteiger partial charge in [-0.05, 0) is 20.8 Å². The lowest BCUT2D eigenvalue weighted by Gasteiger charge is -2.15. The molecule has 1 heterocycles. The van der Waals surface area contributed by atoms with Gasteiger partial charge >= 0.3 is 0 Å². The summed E-state index contributed by atoms with van der Waals surface area (Å²) in [6.45, 7) is 5.74. The van der Waals surface area contributed by atoms with Crippen molar-refractivity contribution in [3.8, 4) is 0 Å². The van der Waals surface area contributed by atoms with Crippen molar-refractivity contribution < 1.29 is 16.8 Å². The van der Waals surface area contributed by atoms with Crippen LogP contribution in [-0.4, -0.2) is 31.9 Å². The van der Waals surface area contributed by atoms with E-state index in [1.54, 1.807) is 0 Å². The molecule has 1 fully saturated rings. The van der Waals surface area contributed by atoms with Crippen molar-refractivity contribution in [2.75, 3.05) is 5.75 Å². The van der Waals surface area contributed by atoms with E-state index in [-0.39, 0.29) is 5.75 Å². The summed E-state index contributed by atoms with van der Waals surface area (Å²) < 4.78 is 43.7. The summed E-state index contributed by atoms with van der Waals surface area (Å²) in [5.41, 5.74) is 0. The second-order valence-corrected chi connectivity index (χ2v) is 8.97. The highest BCUT2D eigenvalue weighted by molar-refractivity contribution is 8.13. The van der Waals surface area contributed by atoms with Crippen molar-refractivity contribution in [3.05, 3.63) is 6.92 Å². The molecule has 1 aliphatic heterocycles. The molecule has 1 unspecified atom stereocenters. The molecule has 0 N–H and O–H groups in total. The molecule has 0 amide bonds. The maximum absolute atomic E-state index is 11.4. The van der Waals surface area contributed by atoms with Gasteiger partial charge in [0.1, 0.15) is 0 Å². The van der Waals surface area contributed by atoms with Crippen molar-refractivity contribution in [2.24, 2.45) is 0 Å². The van der Waals surface area contributed by atoms with Gasteiger partial charge in [0.2, 0.25) is 0 Å². The molecule has 12 heavy (non-hydrogen) atoms. The lowest BCUT2D eigenvalue weighted by Crippen LogP contribution is -2.35. The molecule has 0 aromatic carbocycles. The van der Waals surface area contributed by atoms with Crippen LogP contribution in [0.1, 0.15) is 13.8 Å². The Labute approximate surface area is 72.8 Å². The largest absolute Gasteiger partial charge is 0.227 e. The summed E-state index contributed by atoms with van der Waals surface area (Å²) in [7, 11) is -7.14. The molecular formula is C6H11O4S2. The Morgan fingerprint density at radius 3 is 1.75 bits per heavy atom. The first-order valence-corrected chi connectivity index (χ1v) is 6.61. The van der Waals surface area contributed by atoms with E-state index in [1.807, 2.05) is 0 Å². The highest BCUT2D eigenvalue weighted by Crippen LogP contribution is 2.35. The maximum atomic E-state index is 11.4. The van der Waals surface area contributed by atoms with E-state index in [1.165, 1.54) is 13.8 Å². The van der Waals surface area contributed by atoms with Gasteiger partial charge in [0.25, 0.3) is 0 Å². The monoisotopic (exact) mass is 211 g/mol. The minimum atomic E-state index is -3.61. The number of sulfone groups is 2. The molecular weight excluding hydrogens is 200 g/mol. The van der Waals surface area contributed by atoms with Gasteiger partial charge in [-0.2, -0.15) is 0 Å². The van der Waals surface area contributed by atoms with E-state index >= 15 is 0 Å². The van der Waals surface area contributed by atoms with Crippen molar-refractivity contribution in [1.29, 1.82) is 0 Å². The predicted octanol–water partition coefficient (Wildman–Crippen LogP) is -0.232. The van der Waals surface area contributed by atoms with Crippen molar-refractivity contribution >= 4 is 19.7 Å². The number of rotatable bonds is 0. The van der Waals surface area contributed by atoms with Crippen LogP contribution in [0.5, 0.6) is 0 Å². The third kappa shape index (κ3) is 0.939. The lowest BCUT2D eigenvalue weighted by molar-refractivity contribution is 0.567. The van der Waals surface area contributed by atoms with Crippen LogP contribution < -0.4 is 0 Å². The van der Waals surface area contributed by atoms with Crippen molar-refractivity contribution in [2.45, 2.75) is 23.2 Å². The van der Waals surface area contributed by atoms with Gasteiger partial charge in [-0.1, -0.05) is 0 Å².